The molecule has 2 rings (SSSR count). The van der Waals surface area contributed by atoms with Gasteiger partial charge < -0.3 is 5.11 Å². The molecule has 0 fully saturated rings. The van der Waals surface area contributed by atoms with Crippen LogP contribution in [0.15, 0.2) is 23.2 Å². The Kier molecular flexibility index (Phi) is 4.25. The molecular weight excluding hydrogens is 340 g/mol. The van der Waals surface area contributed by atoms with E-state index in [1.807, 2.05) is 0 Å². The molecule has 1 N–H and O–H groups in total. The minimum Gasteiger partial charge on any atom is -0.507 e. The van der Waals surface area contributed by atoms with Crippen LogP contribution in [-0.4, -0.2) is 22.0 Å². The predicted octanol–water partition coefficient (Wildman–Crippen LogP) is 4.53. The fourth-order valence-corrected chi connectivity index (χ4v) is 2.10. The Balaban J connectivity index is 2.67. The van der Waals surface area contributed by atoms with E-state index in [0.29, 0.717) is 18.2 Å². The fraction of sp³-hybridized carbons (Fsp3) is 0.214. The van der Waals surface area contributed by atoms with Crippen LogP contribution in [0.3, 0.4) is 0 Å². The van der Waals surface area contributed by atoms with Crippen LogP contribution in [0.1, 0.15) is 16.7 Å². The van der Waals surface area contributed by atoms with Gasteiger partial charge in [-0.1, -0.05) is 0 Å². The number of aryl methyl sites for hydroxylation is 1. The molecule has 0 atom stereocenters. The Morgan fingerprint density at radius 1 is 1.00 bits per heavy atom. The maximum Gasteiger partial charge on any atom is 0.420 e. The summed E-state index contributed by atoms with van der Waals surface area (Å²) in [5, 5.41) is 16.6. The molecule has 0 aliphatic rings. The van der Waals surface area contributed by atoms with Gasteiger partial charge in [-0.2, -0.15) is 26.3 Å². The Morgan fingerprint density at radius 2 is 1.62 bits per heavy atom. The number of aliphatic imine (C=N–C) groups is 1. The van der Waals surface area contributed by atoms with Crippen molar-refractivity contribution in [1.82, 2.24) is 10.2 Å². The van der Waals surface area contributed by atoms with Gasteiger partial charge >= 0.3 is 12.4 Å². The van der Waals surface area contributed by atoms with Crippen LogP contribution in [-0.2, 0) is 12.4 Å². The number of rotatable bonds is 2. The third-order valence-corrected chi connectivity index (χ3v) is 3.13. The standard InChI is InChI=1S/C14H9F6N3O/c1-6-3-7(13(15,16)17)4-10(24)11(6)9-5-8(14(18,19)20)12(21-2)23-22-9/h3-5,24H,2H2,1H3. The molecule has 0 amide bonds. The maximum absolute atomic E-state index is 13.0. The lowest BCUT2D eigenvalue weighted by Gasteiger charge is -2.14. The van der Waals surface area contributed by atoms with E-state index in [1.54, 1.807) is 0 Å². The molecular formula is C14H9F6N3O. The molecule has 24 heavy (non-hydrogen) atoms. The van der Waals surface area contributed by atoms with Crippen LogP contribution in [0.25, 0.3) is 11.3 Å². The first kappa shape index (κ1) is 17.7. The molecule has 1 aromatic carbocycles. The number of benzene rings is 1. The summed E-state index contributed by atoms with van der Waals surface area (Å²) in [7, 11) is 0. The summed E-state index contributed by atoms with van der Waals surface area (Å²) in [6, 6.07) is 1.66. The van der Waals surface area contributed by atoms with Crippen LogP contribution in [0, 0.1) is 6.92 Å². The van der Waals surface area contributed by atoms with Crippen molar-refractivity contribution in [3.05, 3.63) is 34.9 Å². The second kappa shape index (κ2) is 5.77. The van der Waals surface area contributed by atoms with Crippen LogP contribution in [0.5, 0.6) is 5.75 Å². The largest absolute Gasteiger partial charge is 0.507 e. The van der Waals surface area contributed by atoms with Crippen molar-refractivity contribution < 1.29 is 31.4 Å². The average molecular weight is 349 g/mol. The molecule has 0 radical (unpaired) electrons. The number of phenols is 1. The minimum atomic E-state index is -4.82. The van der Waals surface area contributed by atoms with Crippen molar-refractivity contribution in [2.45, 2.75) is 19.3 Å². The molecule has 1 heterocycles. The van der Waals surface area contributed by atoms with E-state index in [2.05, 4.69) is 21.9 Å². The lowest BCUT2D eigenvalue weighted by Crippen LogP contribution is -2.09. The van der Waals surface area contributed by atoms with Crippen LogP contribution in [0.2, 0.25) is 0 Å². The molecule has 4 nitrogen and oxygen atoms in total. The van der Waals surface area contributed by atoms with Gasteiger partial charge in [-0.3, -0.25) is 0 Å². The van der Waals surface area contributed by atoms with Gasteiger partial charge in [0.15, 0.2) is 5.82 Å². The summed E-state index contributed by atoms with van der Waals surface area (Å²) in [5.74, 6) is -1.63. The Morgan fingerprint density at radius 3 is 2.08 bits per heavy atom. The minimum absolute atomic E-state index is 0.107. The second-order valence-corrected chi connectivity index (χ2v) is 4.81. The van der Waals surface area contributed by atoms with Crippen LogP contribution < -0.4 is 0 Å². The summed E-state index contributed by atoms with van der Waals surface area (Å²) in [6.45, 7) is 4.16. The van der Waals surface area contributed by atoms with Gasteiger partial charge in [-0.05, 0) is 37.4 Å². The topological polar surface area (TPSA) is 58.4 Å². The van der Waals surface area contributed by atoms with E-state index in [-0.39, 0.29) is 11.1 Å². The van der Waals surface area contributed by atoms with E-state index in [1.165, 1.54) is 6.92 Å². The van der Waals surface area contributed by atoms with E-state index in [9.17, 15) is 31.4 Å². The zero-order valence-corrected chi connectivity index (χ0v) is 12.0. The summed E-state index contributed by atoms with van der Waals surface area (Å²) >= 11 is 0. The summed E-state index contributed by atoms with van der Waals surface area (Å²) in [4.78, 5) is 3.11. The zero-order valence-electron chi connectivity index (χ0n) is 12.0. The fourth-order valence-electron chi connectivity index (χ4n) is 2.10. The van der Waals surface area contributed by atoms with E-state index in [4.69, 9.17) is 0 Å². The second-order valence-electron chi connectivity index (χ2n) is 4.81. The molecule has 0 aliphatic carbocycles. The molecule has 0 saturated carbocycles. The molecule has 0 unspecified atom stereocenters. The van der Waals surface area contributed by atoms with Gasteiger partial charge in [0.05, 0.1) is 11.3 Å². The number of halogens is 6. The maximum atomic E-state index is 13.0. The highest BCUT2D eigenvalue weighted by atomic mass is 19.4. The van der Waals surface area contributed by atoms with Crippen molar-refractivity contribution in [2.75, 3.05) is 0 Å². The summed E-state index contributed by atoms with van der Waals surface area (Å²) in [6.07, 6.45) is -9.53. The molecule has 1 aromatic heterocycles. The van der Waals surface area contributed by atoms with E-state index < -0.39 is 40.7 Å². The molecule has 0 saturated heterocycles. The molecule has 128 valence electrons. The highest BCUT2D eigenvalue weighted by Gasteiger charge is 2.36. The first-order chi connectivity index (χ1) is 10.9. The SMILES string of the molecule is C=Nc1nnc(-c2c(C)cc(C(F)(F)F)cc2O)cc1C(F)(F)F. The van der Waals surface area contributed by atoms with Gasteiger partial charge in [0.25, 0.3) is 0 Å². The Bertz CT molecular complexity index is 775. The quantitative estimate of drug-likeness (QED) is 0.640. The average Bonchev–Trinajstić information content (AvgIpc) is 2.44. The van der Waals surface area contributed by atoms with Crippen molar-refractivity contribution in [3.8, 4) is 17.0 Å². The number of hydrogen-bond donors (Lipinski definition) is 1. The number of aromatic nitrogens is 2. The Labute approximate surface area is 131 Å². The van der Waals surface area contributed by atoms with Crippen molar-refractivity contribution in [2.24, 2.45) is 4.99 Å². The van der Waals surface area contributed by atoms with Gasteiger partial charge in [-0.25, -0.2) is 4.99 Å². The van der Waals surface area contributed by atoms with E-state index >= 15 is 0 Å². The Hall–Kier alpha value is -2.65. The van der Waals surface area contributed by atoms with Gasteiger partial charge in [0.1, 0.15) is 11.3 Å². The number of hydrogen-bond acceptors (Lipinski definition) is 4. The summed E-state index contributed by atoms with van der Waals surface area (Å²) < 4.78 is 77.0. The molecule has 0 bridgehead atoms. The smallest absolute Gasteiger partial charge is 0.420 e. The number of nitrogens with zero attached hydrogens (tertiary/aromatic N) is 3. The highest BCUT2D eigenvalue weighted by molar-refractivity contribution is 5.72. The lowest BCUT2D eigenvalue weighted by molar-refractivity contribution is -0.138. The predicted molar refractivity (Wildman–Crippen MR) is 73.1 cm³/mol. The molecule has 2 aromatic rings. The monoisotopic (exact) mass is 349 g/mol. The van der Waals surface area contributed by atoms with Crippen molar-refractivity contribution >= 4 is 12.5 Å². The van der Waals surface area contributed by atoms with E-state index in [0.717, 1.165) is 0 Å². The molecule has 0 spiro atoms. The summed E-state index contributed by atoms with van der Waals surface area (Å²) in [5.41, 5.74) is -3.21. The van der Waals surface area contributed by atoms with Crippen molar-refractivity contribution in [1.29, 1.82) is 0 Å². The van der Waals surface area contributed by atoms with Gasteiger partial charge in [0.2, 0.25) is 0 Å². The third-order valence-electron chi connectivity index (χ3n) is 3.13. The van der Waals surface area contributed by atoms with Crippen LogP contribution >= 0.6 is 0 Å². The first-order valence-electron chi connectivity index (χ1n) is 6.28. The zero-order chi connectivity index (χ0) is 18.3. The first-order valence-corrected chi connectivity index (χ1v) is 6.28. The highest BCUT2D eigenvalue weighted by Crippen LogP contribution is 2.41. The number of aromatic hydroxyl groups is 1. The number of alkyl halides is 6. The van der Waals surface area contributed by atoms with Gasteiger partial charge in [0, 0.05) is 5.56 Å². The van der Waals surface area contributed by atoms with Gasteiger partial charge in [-0.15, -0.1) is 10.2 Å². The van der Waals surface area contributed by atoms with Crippen LogP contribution in [0.4, 0.5) is 32.2 Å². The molecule has 10 heteroatoms. The van der Waals surface area contributed by atoms with Crippen molar-refractivity contribution in [3.63, 3.8) is 0 Å². The third kappa shape index (κ3) is 3.31. The molecule has 0 aliphatic heterocycles. The lowest BCUT2D eigenvalue weighted by atomic mass is 9.99. The number of phenolic OH excluding ortho intramolecular Hbond substituents is 1. The normalized spacial score (nSPS) is 12.3.